The molecular weight excluding hydrogens is 403 g/mol. The average molecular weight is 425 g/mol. The first kappa shape index (κ1) is 20.8. The largest absolute Gasteiger partial charge is 0.348 e. The van der Waals surface area contributed by atoms with Crippen LogP contribution in [0.25, 0.3) is 0 Å². The van der Waals surface area contributed by atoms with Crippen molar-refractivity contribution in [3.63, 3.8) is 0 Å². The first-order chi connectivity index (χ1) is 13.3. The third kappa shape index (κ3) is 4.54. The lowest BCUT2D eigenvalue weighted by molar-refractivity contribution is 0.0950. The molecule has 1 fully saturated rings. The van der Waals surface area contributed by atoms with Crippen molar-refractivity contribution in [3.05, 3.63) is 64.4 Å². The lowest BCUT2D eigenvalue weighted by Crippen LogP contribution is -2.39. The highest BCUT2D eigenvalue weighted by Gasteiger charge is 2.30. The van der Waals surface area contributed by atoms with Gasteiger partial charge in [-0.3, -0.25) is 4.79 Å². The summed E-state index contributed by atoms with van der Waals surface area (Å²) in [5, 5.41) is 2.68. The van der Waals surface area contributed by atoms with E-state index in [1.807, 2.05) is 6.92 Å². The van der Waals surface area contributed by atoms with Gasteiger partial charge in [0.05, 0.1) is 5.02 Å². The van der Waals surface area contributed by atoms with E-state index in [1.54, 1.807) is 18.2 Å². The van der Waals surface area contributed by atoms with E-state index in [0.29, 0.717) is 18.7 Å². The van der Waals surface area contributed by atoms with Crippen LogP contribution in [0, 0.1) is 11.7 Å². The van der Waals surface area contributed by atoms with Crippen LogP contribution in [0.15, 0.2) is 47.4 Å². The Labute approximate surface area is 169 Å². The van der Waals surface area contributed by atoms with Crippen molar-refractivity contribution in [1.82, 2.24) is 9.62 Å². The Kier molecular flexibility index (Phi) is 6.37. The van der Waals surface area contributed by atoms with E-state index < -0.39 is 21.7 Å². The second-order valence-corrected chi connectivity index (χ2v) is 9.34. The fourth-order valence-corrected chi connectivity index (χ4v) is 5.36. The quantitative estimate of drug-likeness (QED) is 0.793. The molecule has 1 saturated heterocycles. The van der Waals surface area contributed by atoms with E-state index in [0.717, 1.165) is 12.8 Å². The molecule has 2 aromatic rings. The Hall–Kier alpha value is -1.96. The fourth-order valence-electron chi connectivity index (χ4n) is 3.27. The summed E-state index contributed by atoms with van der Waals surface area (Å²) in [4.78, 5) is 12.4. The predicted molar refractivity (Wildman–Crippen MR) is 106 cm³/mol. The number of halogens is 2. The molecule has 0 radical (unpaired) electrons. The van der Waals surface area contributed by atoms with Crippen molar-refractivity contribution in [2.24, 2.45) is 5.92 Å². The minimum atomic E-state index is -3.79. The number of carbonyl (C=O) groups excluding carboxylic acids is 1. The van der Waals surface area contributed by atoms with E-state index in [-0.39, 0.29) is 27.9 Å². The van der Waals surface area contributed by atoms with Crippen LogP contribution in [0.4, 0.5) is 4.39 Å². The lowest BCUT2D eigenvalue weighted by atomic mass is 10.0. The normalized spacial score (nSPS) is 18.0. The number of sulfonamides is 1. The zero-order valence-electron chi connectivity index (χ0n) is 15.5. The van der Waals surface area contributed by atoms with Gasteiger partial charge in [0.15, 0.2) is 0 Å². The van der Waals surface area contributed by atoms with Crippen LogP contribution in [0.5, 0.6) is 0 Å². The molecule has 0 aliphatic carbocycles. The van der Waals surface area contributed by atoms with Gasteiger partial charge in [0.2, 0.25) is 10.0 Å². The monoisotopic (exact) mass is 424 g/mol. The van der Waals surface area contributed by atoms with Crippen molar-refractivity contribution in [1.29, 1.82) is 0 Å². The molecule has 2 aromatic carbocycles. The molecule has 1 aliphatic rings. The third-order valence-corrected chi connectivity index (χ3v) is 7.17. The highest BCUT2D eigenvalue weighted by Crippen LogP contribution is 2.29. The van der Waals surface area contributed by atoms with Gasteiger partial charge in [-0.1, -0.05) is 36.7 Å². The number of nitrogens with zero attached hydrogens (tertiary/aromatic N) is 1. The van der Waals surface area contributed by atoms with Crippen LogP contribution < -0.4 is 5.32 Å². The maximum absolute atomic E-state index is 13.7. The standard InChI is InChI=1S/C20H22ClFN2O3S/c1-14-5-4-10-24(13-14)28(26,27)19-11-15(8-9-17(19)21)20(25)23-12-16-6-2-3-7-18(16)22/h2-3,6-9,11,14H,4-5,10,12-13H2,1H3,(H,23,25)/t14-/m1/s1. The summed E-state index contributed by atoms with van der Waals surface area (Å²) in [6, 6.07) is 10.3. The van der Waals surface area contributed by atoms with Gasteiger partial charge in [0, 0.05) is 30.8 Å². The van der Waals surface area contributed by atoms with Gasteiger partial charge in [0.25, 0.3) is 5.91 Å². The first-order valence-electron chi connectivity index (χ1n) is 9.10. The van der Waals surface area contributed by atoms with Gasteiger partial charge in [-0.15, -0.1) is 0 Å². The summed E-state index contributed by atoms with van der Waals surface area (Å²) in [7, 11) is -3.79. The minimum Gasteiger partial charge on any atom is -0.348 e. The van der Waals surface area contributed by atoms with Crippen LogP contribution in [0.3, 0.4) is 0 Å². The zero-order valence-corrected chi connectivity index (χ0v) is 17.1. The number of hydrogen-bond acceptors (Lipinski definition) is 3. The van der Waals surface area contributed by atoms with Gasteiger partial charge in [0.1, 0.15) is 10.7 Å². The number of rotatable bonds is 5. The Balaban J connectivity index is 1.80. The van der Waals surface area contributed by atoms with E-state index >= 15 is 0 Å². The molecule has 0 bridgehead atoms. The zero-order chi connectivity index (χ0) is 20.3. The second-order valence-electron chi connectivity index (χ2n) is 7.03. The molecule has 0 saturated carbocycles. The highest BCUT2D eigenvalue weighted by atomic mass is 35.5. The number of piperidine rings is 1. The average Bonchev–Trinajstić information content (AvgIpc) is 2.67. The number of amides is 1. The van der Waals surface area contributed by atoms with Crippen molar-refractivity contribution >= 4 is 27.5 Å². The van der Waals surface area contributed by atoms with Crippen molar-refractivity contribution in [2.75, 3.05) is 13.1 Å². The first-order valence-corrected chi connectivity index (χ1v) is 10.9. The Morgan fingerprint density at radius 2 is 2.04 bits per heavy atom. The summed E-state index contributed by atoms with van der Waals surface area (Å²) in [5.74, 6) is -0.640. The summed E-state index contributed by atoms with van der Waals surface area (Å²) < 4.78 is 41.1. The number of benzene rings is 2. The number of nitrogens with one attached hydrogen (secondary N) is 1. The minimum absolute atomic E-state index is 0.000143. The van der Waals surface area contributed by atoms with Crippen LogP contribution in [-0.4, -0.2) is 31.7 Å². The van der Waals surface area contributed by atoms with Crippen molar-refractivity contribution in [3.8, 4) is 0 Å². The van der Waals surface area contributed by atoms with E-state index in [9.17, 15) is 17.6 Å². The molecule has 5 nitrogen and oxygen atoms in total. The van der Waals surface area contributed by atoms with Crippen LogP contribution in [0.2, 0.25) is 5.02 Å². The van der Waals surface area contributed by atoms with E-state index in [2.05, 4.69) is 5.32 Å². The maximum Gasteiger partial charge on any atom is 0.251 e. The molecule has 0 spiro atoms. The molecule has 1 amide bonds. The molecule has 28 heavy (non-hydrogen) atoms. The van der Waals surface area contributed by atoms with Crippen LogP contribution in [-0.2, 0) is 16.6 Å². The molecule has 8 heteroatoms. The van der Waals surface area contributed by atoms with Gasteiger partial charge >= 0.3 is 0 Å². The second kappa shape index (κ2) is 8.59. The van der Waals surface area contributed by atoms with Crippen molar-refractivity contribution in [2.45, 2.75) is 31.2 Å². The predicted octanol–water partition coefficient (Wildman–Crippen LogP) is 3.83. The Bertz CT molecular complexity index is 981. The van der Waals surface area contributed by atoms with Gasteiger partial charge in [-0.05, 0) is 43.0 Å². The van der Waals surface area contributed by atoms with E-state index in [4.69, 9.17) is 11.6 Å². The SMILES string of the molecule is C[C@@H]1CCCN(S(=O)(=O)c2cc(C(=O)NCc3ccccc3F)ccc2Cl)C1. The molecule has 1 aliphatic heterocycles. The summed E-state index contributed by atoms with van der Waals surface area (Å²) in [6.45, 7) is 2.88. The Morgan fingerprint density at radius 1 is 1.29 bits per heavy atom. The number of carbonyl (C=O) groups is 1. The van der Waals surface area contributed by atoms with Gasteiger partial charge in [-0.25, -0.2) is 12.8 Å². The van der Waals surface area contributed by atoms with Gasteiger partial charge < -0.3 is 5.32 Å². The maximum atomic E-state index is 13.7. The molecule has 1 heterocycles. The Morgan fingerprint density at radius 3 is 2.75 bits per heavy atom. The molecular formula is C20H22ClFN2O3S. The van der Waals surface area contributed by atoms with Gasteiger partial charge in [-0.2, -0.15) is 4.31 Å². The smallest absolute Gasteiger partial charge is 0.251 e. The lowest BCUT2D eigenvalue weighted by Gasteiger charge is -2.30. The molecule has 150 valence electrons. The summed E-state index contributed by atoms with van der Waals surface area (Å²) in [5.41, 5.74) is 0.504. The molecule has 1 N–H and O–H groups in total. The third-order valence-electron chi connectivity index (χ3n) is 4.83. The van der Waals surface area contributed by atoms with E-state index in [1.165, 1.54) is 28.6 Å². The molecule has 3 rings (SSSR count). The molecule has 0 aromatic heterocycles. The highest BCUT2D eigenvalue weighted by molar-refractivity contribution is 7.89. The molecule has 1 atom stereocenters. The van der Waals surface area contributed by atoms with Crippen LogP contribution in [0.1, 0.15) is 35.7 Å². The van der Waals surface area contributed by atoms with Crippen molar-refractivity contribution < 1.29 is 17.6 Å². The molecule has 0 unspecified atom stereocenters. The fraction of sp³-hybridized carbons (Fsp3) is 0.350. The topological polar surface area (TPSA) is 66.5 Å². The summed E-state index contributed by atoms with van der Waals surface area (Å²) >= 11 is 6.15. The number of hydrogen-bond donors (Lipinski definition) is 1. The summed E-state index contributed by atoms with van der Waals surface area (Å²) in [6.07, 6.45) is 1.78. The van der Waals surface area contributed by atoms with Crippen LogP contribution >= 0.6 is 11.6 Å².